The number of carbonyl (C=O) groups is 2. The van der Waals surface area contributed by atoms with Gasteiger partial charge in [-0.2, -0.15) is 0 Å². The van der Waals surface area contributed by atoms with Gasteiger partial charge in [-0.05, 0) is 37.1 Å². The number of aromatic nitrogens is 1. The van der Waals surface area contributed by atoms with Crippen LogP contribution in [0.4, 0.5) is 5.69 Å². The third kappa shape index (κ3) is 4.87. The normalized spacial score (nSPS) is 12.0. The number of rotatable bonds is 6. The largest absolute Gasteiger partial charge is 0.346 e. The van der Waals surface area contributed by atoms with Gasteiger partial charge in [0, 0.05) is 22.3 Å². The molecule has 0 aliphatic carbocycles. The lowest BCUT2D eigenvalue weighted by Crippen LogP contribution is -2.46. The second kappa shape index (κ2) is 8.03. The van der Waals surface area contributed by atoms with Crippen molar-refractivity contribution in [1.82, 2.24) is 10.3 Å². The molecule has 128 valence electrons. The molecule has 0 fully saturated rings. The van der Waals surface area contributed by atoms with Gasteiger partial charge in [-0.25, -0.2) is 4.98 Å². The lowest BCUT2D eigenvalue weighted by atomic mass is 10.1. The van der Waals surface area contributed by atoms with Crippen molar-refractivity contribution < 1.29 is 9.59 Å². The summed E-state index contributed by atoms with van der Waals surface area (Å²) in [5.74, 6) is -0.595. The maximum atomic E-state index is 11.9. The fourth-order valence-electron chi connectivity index (χ4n) is 1.98. The first-order valence-corrected chi connectivity index (χ1v) is 8.60. The minimum Gasteiger partial charge on any atom is -0.346 e. The molecule has 0 spiro atoms. The Morgan fingerprint density at radius 2 is 1.92 bits per heavy atom. The molecule has 1 atom stereocenters. The van der Waals surface area contributed by atoms with E-state index < -0.39 is 6.04 Å². The first-order chi connectivity index (χ1) is 11.4. The molecule has 0 bridgehead atoms. The zero-order valence-electron chi connectivity index (χ0n) is 14.0. The average Bonchev–Trinajstić information content (AvgIpc) is 2.99. The van der Waals surface area contributed by atoms with Gasteiger partial charge < -0.3 is 16.4 Å². The first kappa shape index (κ1) is 18.1. The molecule has 4 N–H and O–H groups in total. The zero-order chi connectivity index (χ0) is 17.7. The summed E-state index contributed by atoms with van der Waals surface area (Å²) in [5.41, 5.74) is 8.38. The third-order valence-electron chi connectivity index (χ3n) is 3.48. The van der Waals surface area contributed by atoms with Crippen LogP contribution in [0.3, 0.4) is 0 Å². The maximum Gasteiger partial charge on any atom is 0.243 e. The Hall–Kier alpha value is -2.25. The Labute approximate surface area is 145 Å². The van der Waals surface area contributed by atoms with Gasteiger partial charge in [0.15, 0.2) is 0 Å². The van der Waals surface area contributed by atoms with Crippen LogP contribution in [0.1, 0.15) is 19.5 Å². The molecule has 2 aromatic rings. The third-order valence-corrected chi connectivity index (χ3v) is 4.49. The lowest BCUT2D eigenvalue weighted by molar-refractivity contribution is -0.125. The van der Waals surface area contributed by atoms with Gasteiger partial charge in [0.2, 0.25) is 11.8 Å². The van der Waals surface area contributed by atoms with Gasteiger partial charge in [0.25, 0.3) is 0 Å². The highest BCUT2D eigenvalue weighted by molar-refractivity contribution is 7.13. The Bertz CT molecular complexity index is 710. The standard InChI is InChI=1S/C17H22N4O2S/c1-10(2)15(18)16(23)19-8-14(22)21-13-6-4-12(5-7-13)17-20-11(3)9-24-17/h4-7,9-10,15H,8,18H2,1-3H3,(H,19,23)(H,21,22)/t15-/m0/s1. The van der Waals surface area contributed by atoms with Crippen molar-refractivity contribution >= 4 is 28.8 Å². The first-order valence-electron chi connectivity index (χ1n) is 7.72. The van der Waals surface area contributed by atoms with Crippen LogP contribution < -0.4 is 16.4 Å². The maximum absolute atomic E-state index is 11.9. The number of anilines is 1. The Kier molecular flexibility index (Phi) is 6.05. The fraction of sp³-hybridized carbons (Fsp3) is 0.353. The van der Waals surface area contributed by atoms with Crippen LogP contribution in [-0.2, 0) is 9.59 Å². The molecule has 1 heterocycles. The number of nitrogens with one attached hydrogen (secondary N) is 2. The topological polar surface area (TPSA) is 97.1 Å². The average molecular weight is 346 g/mol. The van der Waals surface area contributed by atoms with E-state index in [9.17, 15) is 9.59 Å². The highest BCUT2D eigenvalue weighted by Crippen LogP contribution is 2.24. The number of benzene rings is 1. The number of carbonyl (C=O) groups excluding carboxylic acids is 2. The number of nitrogens with two attached hydrogens (primary N) is 1. The Balaban J connectivity index is 1.87. The van der Waals surface area contributed by atoms with Crippen LogP contribution in [0.15, 0.2) is 29.6 Å². The summed E-state index contributed by atoms with van der Waals surface area (Å²) in [6.45, 7) is 5.56. The monoisotopic (exact) mass is 346 g/mol. The van der Waals surface area contributed by atoms with Gasteiger partial charge >= 0.3 is 0 Å². The van der Waals surface area contributed by atoms with Crippen LogP contribution in [0.25, 0.3) is 10.6 Å². The molecule has 0 radical (unpaired) electrons. The van der Waals surface area contributed by atoms with Gasteiger partial charge in [0.1, 0.15) is 5.01 Å². The van der Waals surface area contributed by atoms with Gasteiger partial charge in [-0.15, -0.1) is 11.3 Å². The summed E-state index contributed by atoms with van der Waals surface area (Å²) in [7, 11) is 0. The van der Waals surface area contributed by atoms with Crippen molar-refractivity contribution in [2.45, 2.75) is 26.8 Å². The number of aryl methyl sites for hydroxylation is 1. The van der Waals surface area contributed by atoms with Crippen molar-refractivity contribution in [2.24, 2.45) is 11.7 Å². The summed E-state index contributed by atoms with van der Waals surface area (Å²) >= 11 is 1.58. The summed E-state index contributed by atoms with van der Waals surface area (Å²) in [6.07, 6.45) is 0. The minimum absolute atomic E-state index is 0.0232. The summed E-state index contributed by atoms with van der Waals surface area (Å²) < 4.78 is 0. The molecule has 0 unspecified atom stereocenters. The van der Waals surface area contributed by atoms with Crippen molar-refractivity contribution in [1.29, 1.82) is 0 Å². The second-order valence-electron chi connectivity index (χ2n) is 5.91. The van der Waals surface area contributed by atoms with E-state index in [4.69, 9.17) is 5.73 Å². The SMILES string of the molecule is Cc1csc(-c2ccc(NC(=O)CNC(=O)[C@@H](N)C(C)C)cc2)n1. The smallest absolute Gasteiger partial charge is 0.243 e. The molecule has 0 aliphatic rings. The van der Waals surface area contributed by atoms with Gasteiger partial charge in [0.05, 0.1) is 12.6 Å². The number of thiazole rings is 1. The molecule has 0 saturated carbocycles. The molecule has 2 amide bonds. The summed E-state index contributed by atoms with van der Waals surface area (Å²) in [5, 5.41) is 8.22. The quantitative estimate of drug-likeness (QED) is 0.746. The molecular formula is C17H22N4O2S. The van der Waals surface area contributed by atoms with E-state index in [-0.39, 0.29) is 24.3 Å². The number of hydrogen-bond acceptors (Lipinski definition) is 5. The van der Waals surface area contributed by atoms with E-state index in [0.29, 0.717) is 5.69 Å². The predicted octanol–water partition coefficient (Wildman–Crippen LogP) is 2.16. The fourth-order valence-corrected chi connectivity index (χ4v) is 2.78. The zero-order valence-corrected chi connectivity index (χ0v) is 14.8. The Morgan fingerprint density at radius 1 is 1.25 bits per heavy atom. The number of nitrogens with zero attached hydrogens (tertiary/aromatic N) is 1. The van der Waals surface area contributed by atoms with E-state index in [1.165, 1.54) is 0 Å². The van der Waals surface area contributed by atoms with Crippen LogP contribution >= 0.6 is 11.3 Å². The molecule has 0 saturated heterocycles. The molecule has 24 heavy (non-hydrogen) atoms. The van der Waals surface area contributed by atoms with Crippen molar-refractivity contribution in [3.8, 4) is 10.6 Å². The van der Waals surface area contributed by atoms with Crippen molar-refractivity contribution in [3.05, 3.63) is 35.3 Å². The minimum atomic E-state index is -0.612. The molecule has 0 aliphatic heterocycles. The lowest BCUT2D eigenvalue weighted by Gasteiger charge is -2.15. The molecule has 6 nitrogen and oxygen atoms in total. The molecule has 2 rings (SSSR count). The number of hydrogen-bond donors (Lipinski definition) is 3. The molecule has 1 aromatic carbocycles. The highest BCUT2D eigenvalue weighted by Gasteiger charge is 2.17. The molecule has 7 heteroatoms. The van der Waals surface area contributed by atoms with Crippen LogP contribution in [0, 0.1) is 12.8 Å². The summed E-state index contributed by atoms with van der Waals surface area (Å²) in [4.78, 5) is 28.0. The van der Waals surface area contributed by atoms with Crippen LogP contribution in [0.5, 0.6) is 0 Å². The molecular weight excluding hydrogens is 324 g/mol. The second-order valence-corrected chi connectivity index (χ2v) is 6.77. The molecule has 1 aromatic heterocycles. The van der Waals surface area contributed by atoms with Crippen molar-refractivity contribution in [3.63, 3.8) is 0 Å². The Morgan fingerprint density at radius 3 is 2.46 bits per heavy atom. The predicted molar refractivity (Wildman–Crippen MR) is 96.7 cm³/mol. The van der Waals surface area contributed by atoms with E-state index in [1.54, 1.807) is 11.3 Å². The van der Waals surface area contributed by atoms with E-state index in [0.717, 1.165) is 16.3 Å². The van der Waals surface area contributed by atoms with Gasteiger partial charge in [-0.3, -0.25) is 9.59 Å². The van der Waals surface area contributed by atoms with Crippen LogP contribution in [-0.4, -0.2) is 29.4 Å². The van der Waals surface area contributed by atoms with Crippen molar-refractivity contribution in [2.75, 3.05) is 11.9 Å². The van der Waals surface area contributed by atoms with Gasteiger partial charge in [-0.1, -0.05) is 13.8 Å². The van der Waals surface area contributed by atoms with E-state index in [2.05, 4.69) is 15.6 Å². The number of amides is 2. The highest BCUT2D eigenvalue weighted by atomic mass is 32.1. The summed E-state index contributed by atoms with van der Waals surface area (Å²) in [6, 6.07) is 6.82. The van der Waals surface area contributed by atoms with Crippen LogP contribution in [0.2, 0.25) is 0 Å². The van der Waals surface area contributed by atoms with E-state index in [1.807, 2.05) is 50.4 Å². The van der Waals surface area contributed by atoms with E-state index >= 15 is 0 Å².